The molecular weight excluding hydrogens is 466 g/mol. The van der Waals surface area contributed by atoms with Crippen LogP contribution in [0.15, 0.2) is 71.6 Å². The van der Waals surface area contributed by atoms with Crippen LogP contribution in [0.3, 0.4) is 0 Å². The number of amides is 3. The summed E-state index contributed by atoms with van der Waals surface area (Å²) >= 11 is 1.62. The molecule has 3 amide bonds. The third-order valence-corrected chi connectivity index (χ3v) is 6.68. The fourth-order valence-corrected chi connectivity index (χ4v) is 4.50. The van der Waals surface area contributed by atoms with Crippen molar-refractivity contribution in [3.63, 3.8) is 0 Å². The van der Waals surface area contributed by atoms with Gasteiger partial charge in [-0.15, -0.1) is 11.8 Å². The molecule has 0 bridgehead atoms. The molecule has 0 aromatic heterocycles. The van der Waals surface area contributed by atoms with Gasteiger partial charge in [0.1, 0.15) is 0 Å². The van der Waals surface area contributed by atoms with Crippen LogP contribution in [-0.4, -0.2) is 37.3 Å². The molecule has 35 heavy (non-hydrogen) atoms. The average Bonchev–Trinajstić information content (AvgIpc) is 3.50. The molecule has 0 aliphatic carbocycles. The highest BCUT2D eigenvalue weighted by Crippen LogP contribution is 2.34. The molecule has 3 aromatic rings. The number of thioether (sulfide) groups is 1. The molecule has 0 radical (unpaired) electrons. The number of benzene rings is 3. The number of ether oxygens (including phenoxy) is 2. The Morgan fingerprint density at radius 2 is 1.74 bits per heavy atom. The molecule has 2 heterocycles. The second-order valence-corrected chi connectivity index (χ2v) is 9.04. The number of anilines is 3. The molecule has 2 aliphatic heterocycles. The maximum absolute atomic E-state index is 13.0. The molecule has 1 unspecified atom stereocenters. The van der Waals surface area contributed by atoms with Crippen molar-refractivity contribution in [2.45, 2.75) is 11.3 Å². The number of carbonyl (C=O) groups excluding carboxylic acids is 3. The standard InChI is InChI=1S/C26H23N3O5S/c1-35-19-9-7-18(8-10-19)29-14-16(12-24(29)30)25(31)28-21-5-3-2-4-20(21)26(32)27-17-6-11-22-23(13-17)34-15-33-22/h2-11,13,16H,12,14-15H2,1H3,(H,27,32)(H,28,31). The van der Waals surface area contributed by atoms with Crippen LogP contribution in [0, 0.1) is 5.92 Å². The van der Waals surface area contributed by atoms with E-state index in [-0.39, 0.29) is 37.5 Å². The zero-order chi connectivity index (χ0) is 24.4. The number of carbonyl (C=O) groups is 3. The fraction of sp³-hybridized carbons (Fsp3) is 0.192. The van der Waals surface area contributed by atoms with Crippen molar-refractivity contribution < 1.29 is 23.9 Å². The van der Waals surface area contributed by atoms with Gasteiger partial charge in [0.25, 0.3) is 5.91 Å². The Hall–Kier alpha value is -3.98. The SMILES string of the molecule is CSc1ccc(N2CC(C(=O)Nc3ccccc3C(=O)Nc3ccc4c(c3)OCO4)CC2=O)cc1. The largest absolute Gasteiger partial charge is 0.454 e. The van der Waals surface area contributed by atoms with Crippen molar-refractivity contribution in [2.24, 2.45) is 5.92 Å². The third-order valence-electron chi connectivity index (χ3n) is 5.94. The summed E-state index contributed by atoms with van der Waals surface area (Å²) in [7, 11) is 0. The molecule has 2 N–H and O–H groups in total. The second-order valence-electron chi connectivity index (χ2n) is 8.16. The molecule has 8 nitrogen and oxygen atoms in total. The maximum atomic E-state index is 13.0. The number of hydrogen-bond donors (Lipinski definition) is 2. The van der Waals surface area contributed by atoms with Crippen molar-refractivity contribution in [2.75, 3.05) is 35.1 Å². The van der Waals surface area contributed by atoms with Crippen molar-refractivity contribution in [1.82, 2.24) is 0 Å². The lowest BCUT2D eigenvalue weighted by molar-refractivity contribution is -0.122. The van der Waals surface area contributed by atoms with E-state index in [1.54, 1.807) is 59.1 Å². The first-order valence-electron chi connectivity index (χ1n) is 11.1. The van der Waals surface area contributed by atoms with Gasteiger partial charge in [-0.25, -0.2) is 0 Å². The zero-order valence-electron chi connectivity index (χ0n) is 18.9. The molecule has 1 saturated heterocycles. The summed E-state index contributed by atoms with van der Waals surface area (Å²) < 4.78 is 10.7. The molecule has 0 spiro atoms. The molecule has 178 valence electrons. The lowest BCUT2D eigenvalue weighted by Crippen LogP contribution is -2.28. The lowest BCUT2D eigenvalue weighted by atomic mass is 10.1. The van der Waals surface area contributed by atoms with Crippen LogP contribution in [-0.2, 0) is 9.59 Å². The number of fused-ring (bicyclic) bond motifs is 1. The van der Waals surface area contributed by atoms with E-state index in [9.17, 15) is 14.4 Å². The van der Waals surface area contributed by atoms with Gasteiger partial charge >= 0.3 is 0 Å². The van der Waals surface area contributed by atoms with E-state index in [0.29, 0.717) is 28.4 Å². The Morgan fingerprint density at radius 3 is 2.54 bits per heavy atom. The molecule has 0 saturated carbocycles. The highest BCUT2D eigenvalue weighted by atomic mass is 32.2. The van der Waals surface area contributed by atoms with Gasteiger partial charge in [-0.3, -0.25) is 14.4 Å². The van der Waals surface area contributed by atoms with Crippen LogP contribution in [0.5, 0.6) is 11.5 Å². The summed E-state index contributed by atoms with van der Waals surface area (Å²) in [6.07, 6.45) is 2.10. The summed E-state index contributed by atoms with van der Waals surface area (Å²) in [5.74, 6) is -0.120. The highest BCUT2D eigenvalue weighted by molar-refractivity contribution is 7.98. The van der Waals surface area contributed by atoms with Gasteiger partial charge in [0.05, 0.1) is 17.2 Å². The van der Waals surface area contributed by atoms with E-state index in [2.05, 4.69) is 10.6 Å². The molecule has 2 aliphatic rings. The van der Waals surface area contributed by atoms with Crippen LogP contribution in [0.25, 0.3) is 0 Å². The van der Waals surface area contributed by atoms with Crippen LogP contribution >= 0.6 is 11.8 Å². The predicted molar refractivity (Wildman–Crippen MR) is 134 cm³/mol. The second kappa shape index (κ2) is 9.71. The van der Waals surface area contributed by atoms with Crippen molar-refractivity contribution in [3.05, 3.63) is 72.3 Å². The third kappa shape index (κ3) is 4.81. The molecular formula is C26H23N3O5S. The van der Waals surface area contributed by atoms with E-state index in [0.717, 1.165) is 10.6 Å². The van der Waals surface area contributed by atoms with E-state index < -0.39 is 5.92 Å². The minimum atomic E-state index is -0.521. The lowest BCUT2D eigenvalue weighted by Gasteiger charge is -2.17. The van der Waals surface area contributed by atoms with Gasteiger partial charge in [-0.05, 0) is 54.8 Å². The summed E-state index contributed by atoms with van der Waals surface area (Å²) in [5, 5.41) is 5.67. The quantitative estimate of drug-likeness (QED) is 0.499. The maximum Gasteiger partial charge on any atom is 0.257 e. The smallest absolute Gasteiger partial charge is 0.257 e. The van der Waals surface area contributed by atoms with Gasteiger partial charge in [0, 0.05) is 35.3 Å². The normalized spacial score (nSPS) is 16.3. The van der Waals surface area contributed by atoms with Gasteiger partial charge in [-0.2, -0.15) is 0 Å². The molecule has 3 aromatic carbocycles. The average molecular weight is 490 g/mol. The van der Waals surface area contributed by atoms with Crippen LogP contribution < -0.4 is 25.0 Å². The Morgan fingerprint density at radius 1 is 0.971 bits per heavy atom. The van der Waals surface area contributed by atoms with Gasteiger partial charge in [0.15, 0.2) is 11.5 Å². The number of nitrogens with one attached hydrogen (secondary N) is 2. The summed E-state index contributed by atoms with van der Waals surface area (Å²) in [4.78, 5) is 41.4. The molecule has 1 atom stereocenters. The van der Waals surface area contributed by atoms with Crippen molar-refractivity contribution in [1.29, 1.82) is 0 Å². The summed E-state index contributed by atoms with van der Waals surface area (Å²) in [5.41, 5.74) is 2.01. The Balaban J connectivity index is 1.27. The van der Waals surface area contributed by atoms with Crippen LogP contribution in [0.4, 0.5) is 17.1 Å². The Labute approximate surface area is 206 Å². The van der Waals surface area contributed by atoms with Crippen molar-refractivity contribution >= 4 is 46.5 Å². The first-order chi connectivity index (χ1) is 17.0. The van der Waals surface area contributed by atoms with E-state index >= 15 is 0 Å². The number of rotatable bonds is 6. The van der Waals surface area contributed by atoms with Gasteiger partial charge < -0.3 is 25.0 Å². The topological polar surface area (TPSA) is 97.0 Å². The minimum Gasteiger partial charge on any atom is -0.454 e. The van der Waals surface area contributed by atoms with Crippen LogP contribution in [0.1, 0.15) is 16.8 Å². The van der Waals surface area contributed by atoms with Crippen molar-refractivity contribution in [3.8, 4) is 11.5 Å². The monoisotopic (exact) mass is 489 g/mol. The number of nitrogens with zero attached hydrogens (tertiary/aromatic N) is 1. The first-order valence-corrected chi connectivity index (χ1v) is 12.3. The van der Waals surface area contributed by atoms with E-state index in [1.165, 1.54) is 0 Å². The van der Waals surface area contributed by atoms with Crippen LogP contribution in [0.2, 0.25) is 0 Å². The first kappa shape index (κ1) is 22.8. The Bertz CT molecular complexity index is 1290. The fourth-order valence-electron chi connectivity index (χ4n) is 4.09. The minimum absolute atomic E-state index is 0.101. The zero-order valence-corrected chi connectivity index (χ0v) is 19.8. The van der Waals surface area contributed by atoms with Gasteiger partial charge in [-0.1, -0.05) is 12.1 Å². The molecule has 9 heteroatoms. The summed E-state index contributed by atoms with van der Waals surface area (Å²) in [6.45, 7) is 0.431. The van der Waals surface area contributed by atoms with E-state index in [1.807, 2.05) is 30.5 Å². The summed E-state index contributed by atoms with van der Waals surface area (Å²) in [6, 6.07) is 19.6. The van der Waals surface area contributed by atoms with Gasteiger partial charge in [0.2, 0.25) is 18.6 Å². The number of para-hydroxylation sites is 1. The predicted octanol–water partition coefficient (Wildman–Crippen LogP) is 4.38. The number of hydrogen-bond acceptors (Lipinski definition) is 6. The molecule has 5 rings (SSSR count). The highest BCUT2D eigenvalue weighted by Gasteiger charge is 2.35. The Kier molecular flexibility index (Phi) is 6.33. The molecule has 1 fully saturated rings. The van der Waals surface area contributed by atoms with E-state index in [4.69, 9.17) is 9.47 Å².